The van der Waals surface area contributed by atoms with Gasteiger partial charge in [0.2, 0.25) is 0 Å². The summed E-state index contributed by atoms with van der Waals surface area (Å²) >= 11 is 1.37. The van der Waals surface area contributed by atoms with Crippen LogP contribution in [0.2, 0.25) is 0 Å². The van der Waals surface area contributed by atoms with Crippen LogP contribution >= 0.6 is 11.3 Å². The largest absolute Gasteiger partial charge is 0.464 e. The van der Waals surface area contributed by atoms with Crippen LogP contribution < -0.4 is 0 Å². The SMILES string of the molecule is CCCCCN(Cc1nc(C(=O)OC)cs1)C(=O)c1ccc(C(C)(C)C)cc1. The highest BCUT2D eigenvalue weighted by atomic mass is 32.1. The molecule has 0 saturated carbocycles. The van der Waals surface area contributed by atoms with E-state index in [1.54, 1.807) is 5.38 Å². The molecule has 0 bridgehead atoms. The van der Waals surface area contributed by atoms with Crippen LogP contribution in [0.4, 0.5) is 0 Å². The number of nitrogens with zero attached hydrogens (tertiary/aromatic N) is 2. The standard InChI is InChI=1S/C22H30N2O3S/c1-6-7-8-13-24(14-19-23-18(15-28-19)21(26)27-5)20(25)16-9-11-17(12-10-16)22(2,3)4/h9-12,15H,6-8,13-14H2,1-5H3. The van der Waals surface area contributed by atoms with E-state index >= 15 is 0 Å². The molecule has 0 radical (unpaired) electrons. The molecule has 6 heteroatoms. The molecule has 0 saturated heterocycles. The predicted molar refractivity (Wildman–Crippen MR) is 113 cm³/mol. The highest BCUT2D eigenvalue weighted by Crippen LogP contribution is 2.23. The number of carbonyl (C=O) groups is 2. The van der Waals surface area contributed by atoms with Gasteiger partial charge in [0, 0.05) is 17.5 Å². The van der Waals surface area contributed by atoms with E-state index in [2.05, 4.69) is 32.7 Å². The summed E-state index contributed by atoms with van der Waals surface area (Å²) in [5.41, 5.74) is 2.21. The molecule has 1 heterocycles. The Kier molecular flexibility index (Phi) is 7.75. The Morgan fingerprint density at radius 1 is 1.14 bits per heavy atom. The molecule has 1 amide bonds. The summed E-state index contributed by atoms with van der Waals surface area (Å²) < 4.78 is 4.71. The van der Waals surface area contributed by atoms with E-state index in [0.29, 0.717) is 18.7 Å². The topological polar surface area (TPSA) is 59.5 Å². The normalized spacial score (nSPS) is 11.3. The maximum atomic E-state index is 13.1. The third kappa shape index (κ3) is 5.89. The van der Waals surface area contributed by atoms with Crippen molar-refractivity contribution < 1.29 is 14.3 Å². The minimum Gasteiger partial charge on any atom is -0.464 e. The van der Waals surface area contributed by atoms with Gasteiger partial charge >= 0.3 is 5.97 Å². The lowest BCUT2D eigenvalue weighted by Gasteiger charge is -2.23. The lowest BCUT2D eigenvalue weighted by molar-refractivity contribution is 0.0594. The van der Waals surface area contributed by atoms with Crippen molar-refractivity contribution in [2.75, 3.05) is 13.7 Å². The van der Waals surface area contributed by atoms with Gasteiger partial charge in [0.1, 0.15) is 5.01 Å². The molecule has 0 fully saturated rings. The molecule has 28 heavy (non-hydrogen) atoms. The molecular formula is C22H30N2O3S. The van der Waals surface area contributed by atoms with Crippen molar-refractivity contribution in [1.82, 2.24) is 9.88 Å². The van der Waals surface area contributed by atoms with Gasteiger partial charge in [0.05, 0.1) is 13.7 Å². The number of amides is 1. The molecular weight excluding hydrogens is 372 g/mol. The highest BCUT2D eigenvalue weighted by molar-refractivity contribution is 7.09. The van der Waals surface area contributed by atoms with Crippen LogP contribution in [0.25, 0.3) is 0 Å². The fourth-order valence-electron chi connectivity index (χ4n) is 2.85. The number of aromatic nitrogens is 1. The van der Waals surface area contributed by atoms with E-state index in [1.807, 2.05) is 29.2 Å². The Morgan fingerprint density at radius 2 is 1.82 bits per heavy atom. The third-order valence-corrected chi connectivity index (χ3v) is 5.42. The fraction of sp³-hybridized carbons (Fsp3) is 0.500. The van der Waals surface area contributed by atoms with Crippen LogP contribution in [0, 0.1) is 0 Å². The van der Waals surface area contributed by atoms with Crippen LogP contribution in [0.3, 0.4) is 0 Å². The van der Waals surface area contributed by atoms with Crippen molar-refractivity contribution in [1.29, 1.82) is 0 Å². The molecule has 2 rings (SSSR count). The average molecular weight is 403 g/mol. The lowest BCUT2D eigenvalue weighted by Crippen LogP contribution is -2.31. The Hall–Kier alpha value is -2.21. The third-order valence-electron chi connectivity index (χ3n) is 4.59. The van der Waals surface area contributed by atoms with Crippen LogP contribution in [-0.4, -0.2) is 35.4 Å². The number of hydrogen-bond donors (Lipinski definition) is 0. The Labute approximate surface area is 171 Å². The quantitative estimate of drug-likeness (QED) is 0.457. The molecule has 0 spiro atoms. The molecule has 0 atom stereocenters. The van der Waals surface area contributed by atoms with Crippen molar-refractivity contribution in [3.8, 4) is 0 Å². The first kappa shape index (κ1) is 22.1. The van der Waals surface area contributed by atoms with Gasteiger partial charge < -0.3 is 9.64 Å². The summed E-state index contributed by atoms with van der Waals surface area (Å²) in [6.45, 7) is 9.67. The second-order valence-corrected chi connectivity index (χ2v) is 8.82. The van der Waals surface area contributed by atoms with E-state index in [1.165, 1.54) is 24.0 Å². The summed E-state index contributed by atoms with van der Waals surface area (Å²) in [7, 11) is 1.34. The molecule has 0 N–H and O–H groups in total. The number of methoxy groups -OCH3 is 1. The highest BCUT2D eigenvalue weighted by Gasteiger charge is 2.20. The van der Waals surface area contributed by atoms with Crippen LogP contribution in [0.15, 0.2) is 29.6 Å². The number of esters is 1. The van der Waals surface area contributed by atoms with E-state index in [0.717, 1.165) is 24.3 Å². The number of carbonyl (C=O) groups excluding carboxylic acids is 2. The van der Waals surface area contributed by atoms with Gasteiger partial charge in [-0.15, -0.1) is 11.3 Å². The second kappa shape index (κ2) is 9.82. The Morgan fingerprint density at radius 3 is 2.39 bits per heavy atom. The maximum absolute atomic E-state index is 13.1. The van der Waals surface area contributed by atoms with Gasteiger partial charge in [-0.05, 0) is 29.5 Å². The Balaban J connectivity index is 2.18. The molecule has 0 aliphatic rings. The zero-order valence-electron chi connectivity index (χ0n) is 17.4. The zero-order valence-corrected chi connectivity index (χ0v) is 18.3. The summed E-state index contributed by atoms with van der Waals surface area (Å²) in [6, 6.07) is 7.85. The average Bonchev–Trinajstić information content (AvgIpc) is 3.14. The zero-order chi connectivity index (χ0) is 20.7. The molecule has 5 nitrogen and oxygen atoms in total. The van der Waals surface area contributed by atoms with E-state index in [4.69, 9.17) is 4.74 Å². The number of hydrogen-bond acceptors (Lipinski definition) is 5. The van der Waals surface area contributed by atoms with Gasteiger partial charge in [0.15, 0.2) is 5.69 Å². The first-order valence-electron chi connectivity index (χ1n) is 9.68. The van der Waals surface area contributed by atoms with Crippen molar-refractivity contribution in [2.24, 2.45) is 0 Å². The van der Waals surface area contributed by atoms with Crippen molar-refractivity contribution in [3.63, 3.8) is 0 Å². The van der Waals surface area contributed by atoms with Crippen molar-refractivity contribution >= 4 is 23.2 Å². The van der Waals surface area contributed by atoms with Crippen molar-refractivity contribution in [3.05, 3.63) is 51.5 Å². The summed E-state index contributed by atoms with van der Waals surface area (Å²) in [4.78, 5) is 30.9. The second-order valence-electron chi connectivity index (χ2n) is 7.88. The summed E-state index contributed by atoms with van der Waals surface area (Å²) in [5, 5.41) is 2.41. The molecule has 0 unspecified atom stereocenters. The number of unbranched alkanes of at least 4 members (excludes halogenated alkanes) is 2. The maximum Gasteiger partial charge on any atom is 0.357 e. The van der Waals surface area contributed by atoms with Gasteiger partial charge in [0.25, 0.3) is 5.91 Å². The first-order chi connectivity index (χ1) is 13.3. The Bertz CT molecular complexity index is 791. The van der Waals surface area contributed by atoms with E-state index < -0.39 is 5.97 Å². The first-order valence-corrected chi connectivity index (χ1v) is 10.6. The minimum atomic E-state index is -0.455. The monoisotopic (exact) mass is 402 g/mol. The van der Waals surface area contributed by atoms with Gasteiger partial charge in [-0.3, -0.25) is 4.79 Å². The van der Waals surface area contributed by atoms with E-state index in [9.17, 15) is 9.59 Å². The molecule has 1 aromatic heterocycles. The van der Waals surface area contributed by atoms with E-state index in [-0.39, 0.29) is 17.0 Å². The van der Waals surface area contributed by atoms with Gasteiger partial charge in [-0.1, -0.05) is 52.7 Å². The molecule has 2 aromatic rings. The van der Waals surface area contributed by atoms with Crippen LogP contribution in [-0.2, 0) is 16.7 Å². The predicted octanol–water partition coefficient (Wildman–Crippen LogP) is 5.06. The molecule has 0 aliphatic carbocycles. The van der Waals surface area contributed by atoms with Gasteiger partial charge in [-0.2, -0.15) is 0 Å². The summed E-state index contributed by atoms with van der Waals surface area (Å²) in [6.07, 6.45) is 3.10. The number of ether oxygens (including phenoxy) is 1. The summed E-state index contributed by atoms with van der Waals surface area (Å²) in [5.74, 6) is -0.462. The van der Waals surface area contributed by atoms with Crippen molar-refractivity contribution in [2.45, 2.75) is 58.9 Å². The van der Waals surface area contributed by atoms with Crippen LogP contribution in [0.5, 0.6) is 0 Å². The molecule has 1 aromatic carbocycles. The molecule has 0 aliphatic heterocycles. The minimum absolute atomic E-state index is 0.00798. The lowest BCUT2D eigenvalue weighted by atomic mass is 9.86. The smallest absolute Gasteiger partial charge is 0.357 e. The number of rotatable bonds is 8. The van der Waals surface area contributed by atoms with Gasteiger partial charge in [-0.25, -0.2) is 9.78 Å². The number of benzene rings is 1. The van der Waals surface area contributed by atoms with Crippen LogP contribution in [0.1, 0.15) is 78.4 Å². The molecule has 152 valence electrons. The number of thiazole rings is 1. The fourth-order valence-corrected chi connectivity index (χ4v) is 3.62.